The predicted octanol–water partition coefficient (Wildman–Crippen LogP) is 1.22. The minimum Gasteiger partial charge on any atom is -0.462 e. The van der Waals surface area contributed by atoms with Gasteiger partial charge in [-0.25, -0.2) is 14.8 Å². The Morgan fingerprint density at radius 2 is 2.33 bits per heavy atom. The molecule has 0 spiro atoms. The molecular formula is C11H11N3O3S. The largest absolute Gasteiger partial charge is 0.462 e. The average Bonchev–Trinajstić information content (AvgIpc) is 2.37. The number of nitrogens with one attached hydrogen (secondary N) is 1. The van der Waals surface area contributed by atoms with Gasteiger partial charge in [-0.2, -0.15) is 0 Å². The van der Waals surface area contributed by atoms with Crippen molar-refractivity contribution in [3.8, 4) is 0 Å². The zero-order valence-electron chi connectivity index (χ0n) is 9.89. The van der Waals surface area contributed by atoms with Crippen LogP contribution < -0.4 is 5.56 Å². The van der Waals surface area contributed by atoms with Crippen LogP contribution in [0.25, 0.3) is 11.0 Å². The second-order valence-electron chi connectivity index (χ2n) is 3.39. The van der Waals surface area contributed by atoms with E-state index in [1.165, 1.54) is 17.8 Å². The second-order valence-corrected chi connectivity index (χ2v) is 4.17. The summed E-state index contributed by atoms with van der Waals surface area (Å²) in [7, 11) is 0. The number of thioether (sulfide) groups is 1. The van der Waals surface area contributed by atoms with Crippen LogP contribution in [0.4, 0.5) is 0 Å². The summed E-state index contributed by atoms with van der Waals surface area (Å²) in [6.45, 7) is 1.90. The van der Waals surface area contributed by atoms with E-state index < -0.39 is 11.5 Å². The molecule has 0 saturated carbocycles. The first kappa shape index (κ1) is 12.6. The quantitative estimate of drug-likeness (QED) is 0.510. The van der Waals surface area contributed by atoms with Crippen molar-refractivity contribution in [1.29, 1.82) is 0 Å². The van der Waals surface area contributed by atoms with Gasteiger partial charge in [-0.1, -0.05) is 11.8 Å². The van der Waals surface area contributed by atoms with Crippen LogP contribution in [0.1, 0.15) is 17.3 Å². The highest BCUT2D eigenvalue weighted by Crippen LogP contribution is 2.13. The van der Waals surface area contributed by atoms with Gasteiger partial charge in [0.05, 0.1) is 6.61 Å². The van der Waals surface area contributed by atoms with E-state index in [4.69, 9.17) is 4.74 Å². The number of hydrogen-bond donors (Lipinski definition) is 1. The van der Waals surface area contributed by atoms with E-state index in [0.717, 1.165) is 0 Å². The molecule has 0 aliphatic heterocycles. The number of rotatable bonds is 3. The molecule has 2 heterocycles. The molecule has 2 aromatic heterocycles. The van der Waals surface area contributed by atoms with Gasteiger partial charge in [-0.05, 0) is 19.2 Å². The third-order valence-electron chi connectivity index (χ3n) is 2.25. The third kappa shape index (κ3) is 2.35. The number of H-pyrrole nitrogens is 1. The molecule has 6 nitrogen and oxygen atoms in total. The van der Waals surface area contributed by atoms with Crippen LogP contribution in [0.15, 0.2) is 22.2 Å². The molecule has 0 bridgehead atoms. The van der Waals surface area contributed by atoms with E-state index in [-0.39, 0.29) is 12.2 Å². The third-order valence-corrected chi connectivity index (χ3v) is 2.81. The number of pyridine rings is 1. The predicted molar refractivity (Wildman–Crippen MR) is 67.9 cm³/mol. The fourth-order valence-corrected chi connectivity index (χ4v) is 1.78. The summed E-state index contributed by atoms with van der Waals surface area (Å²) in [5, 5.41) is 1.15. The second kappa shape index (κ2) is 5.18. The summed E-state index contributed by atoms with van der Waals surface area (Å²) in [5.74, 6) is -0.644. The van der Waals surface area contributed by atoms with E-state index in [1.54, 1.807) is 13.1 Å². The number of aromatic nitrogens is 3. The maximum atomic E-state index is 11.7. The minimum atomic E-state index is -0.644. The number of aromatic amines is 1. The Labute approximate surface area is 107 Å². The van der Waals surface area contributed by atoms with Gasteiger partial charge >= 0.3 is 5.97 Å². The number of esters is 1. The molecule has 0 aromatic carbocycles. The van der Waals surface area contributed by atoms with Crippen molar-refractivity contribution in [1.82, 2.24) is 15.0 Å². The maximum Gasteiger partial charge on any atom is 0.343 e. The van der Waals surface area contributed by atoms with Crippen molar-refractivity contribution in [3.63, 3.8) is 0 Å². The summed E-state index contributed by atoms with van der Waals surface area (Å²) in [6.07, 6.45) is 3.40. The van der Waals surface area contributed by atoms with Crippen LogP contribution in [0.3, 0.4) is 0 Å². The number of ether oxygens (including phenoxy) is 1. The van der Waals surface area contributed by atoms with Gasteiger partial charge < -0.3 is 9.72 Å². The zero-order chi connectivity index (χ0) is 13.1. The molecule has 0 aliphatic carbocycles. The van der Waals surface area contributed by atoms with Crippen molar-refractivity contribution in [2.75, 3.05) is 12.9 Å². The Bertz CT molecular complexity index is 654. The molecule has 18 heavy (non-hydrogen) atoms. The summed E-state index contributed by atoms with van der Waals surface area (Å²) in [6, 6.07) is 1.44. The summed E-state index contributed by atoms with van der Waals surface area (Å²) in [5.41, 5.74) is -0.135. The first-order valence-corrected chi connectivity index (χ1v) is 6.49. The normalized spacial score (nSPS) is 10.6. The van der Waals surface area contributed by atoms with Gasteiger partial charge in [0.25, 0.3) is 5.56 Å². The number of fused-ring (bicyclic) bond motifs is 1. The topological polar surface area (TPSA) is 84.9 Å². The minimum absolute atomic E-state index is 0.0372. The highest BCUT2D eigenvalue weighted by molar-refractivity contribution is 7.98. The molecule has 0 unspecified atom stereocenters. The van der Waals surface area contributed by atoms with E-state index in [1.807, 2.05) is 6.26 Å². The number of nitrogens with zero attached hydrogens (tertiary/aromatic N) is 2. The van der Waals surface area contributed by atoms with Crippen molar-refractivity contribution in [2.24, 2.45) is 0 Å². The monoisotopic (exact) mass is 265 g/mol. The van der Waals surface area contributed by atoms with Crippen molar-refractivity contribution >= 4 is 28.8 Å². The Hall–Kier alpha value is -1.89. The van der Waals surface area contributed by atoms with Gasteiger partial charge in [0.2, 0.25) is 0 Å². The van der Waals surface area contributed by atoms with Gasteiger partial charge in [0.1, 0.15) is 11.2 Å². The van der Waals surface area contributed by atoms with E-state index in [9.17, 15) is 9.59 Å². The summed E-state index contributed by atoms with van der Waals surface area (Å²) < 4.78 is 4.80. The van der Waals surface area contributed by atoms with Gasteiger partial charge in [-0.15, -0.1) is 0 Å². The molecular weight excluding hydrogens is 254 g/mol. The zero-order valence-corrected chi connectivity index (χ0v) is 10.7. The molecule has 0 fully saturated rings. The Morgan fingerprint density at radius 1 is 1.56 bits per heavy atom. The SMILES string of the molecule is CCOC(=O)c1cc2cnc(SC)nc2[nH]c1=O. The molecule has 7 heteroatoms. The summed E-state index contributed by atoms with van der Waals surface area (Å²) in [4.78, 5) is 34.0. The highest BCUT2D eigenvalue weighted by Gasteiger charge is 2.13. The molecule has 0 radical (unpaired) electrons. The molecule has 0 aliphatic rings. The smallest absolute Gasteiger partial charge is 0.343 e. The molecule has 0 amide bonds. The van der Waals surface area contributed by atoms with Gasteiger partial charge in [0.15, 0.2) is 5.16 Å². The van der Waals surface area contributed by atoms with E-state index in [0.29, 0.717) is 16.2 Å². The molecule has 0 saturated heterocycles. The molecule has 0 atom stereocenters. The van der Waals surface area contributed by atoms with Gasteiger partial charge in [-0.3, -0.25) is 4.79 Å². The molecule has 1 N–H and O–H groups in total. The lowest BCUT2D eigenvalue weighted by molar-refractivity contribution is 0.0524. The standard InChI is InChI=1S/C11H11N3O3S/c1-3-17-10(16)7-4-6-5-12-11(18-2)14-8(6)13-9(7)15/h4-5H,3H2,1-2H3,(H,12,13,14,15). The van der Waals surface area contributed by atoms with Crippen molar-refractivity contribution in [2.45, 2.75) is 12.1 Å². The van der Waals surface area contributed by atoms with Gasteiger partial charge in [0, 0.05) is 11.6 Å². The Balaban J connectivity index is 2.56. The molecule has 94 valence electrons. The van der Waals surface area contributed by atoms with Crippen LogP contribution in [0.2, 0.25) is 0 Å². The average molecular weight is 265 g/mol. The highest BCUT2D eigenvalue weighted by atomic mass is 32.2. The first-order valence-electron chi connectivity index (χ1n) is 5.27. The Kier molecular flexibility index (Phi) is 3.61. The fraction of sp³-hybridized carbons (Fsp3) is 0.273. The van der Waals surface area contributed by atoms with Crippen molar-refractivity contribution in [3.05, 3.63) is 28.2 Å². The molecule has 2 rings (SSSR count). The van der Waals surface area contributed by atoms with Crippen molar-refractivity contribution < 1.29 is 9.53 Å². The molecule has 2 aromatic rings. The number of carbonyl (C=O) groups excluding carboxylic acids is 1. The van der Waals surface area contributed by atoms with E-state index in [2.05, 4.69) is 15.0 Å². The van der Waals surface area contributed by atoms with Crippen LogP contribution in [-0.4, -0.2) is 33.8 Å². The number of hydrogen-bond acceptors (Lipinski definition) is 6. The Morgan fingerprint density at radius 3 is 3.00 bits per heavy atom. The summed E-state index contributed by atoms with van der Waals surface area (Å²) >= 11 is 1.37. The number of carbonyl (C=O) groups is 1. The lowest BCUT2D eigenvalue weighted by atomic mass is 10.2. The van der Waals surface area contributed by atoms with Crippen LogP contribution >= 0.6 is 11.8 Å². The lowest BCUT2D eigenvalue weighted by Gasteiger charge is -2.03. The van der Waals surface area contributed by atoms with Crippen LogP contribution in [0, 0.1) is 0 Å². The first-order chi connectivity index (χ1) is 8.65. The van der Waals surface area contributed by atoms with Crippen LogP contribution in [0.5, 0.6) is 0 Å². The maximum absolute atomic E-state index is 11.7. The fourth-order valence-electron chi connectivity index (χ4n) is 1.44. The van der Waals surface area contributed by atoms with Crippen LogP contribution in [-0.2, 0) is 4.74 Å². The van der Waals surface area contributed by atoms with E-state index >= 15 is 0 Å². The lowest BCUT2D eigenvalue weighted by Crippen LogP contribution is -2.20.